The van der Waals surface area contributed by atoms with Gasteiger partial charge in [-0.05, 0) is 76.9 Å². The number of methoxy groups -OCH3 is 1. The summed E-state index contributed by atoms with van der Waals surface area (Å²) in [5, 5.41) is 2.72. The van der Waals surface area contributed by atoms with Gasteiger partial charge in [-0.1, -0.05) is 39.3 Å². The first-order chi connectivity index (χ1) is 17.3. The van der Waals surface area contributed by atoms with Crippen LogP contribution in [0.5, 0.6) is 0 Å². The van der Waals surface area contributed by atoms with E-state index in [1.807, 2.05) is 65.5 Å². The van der Waals surface area contributed by atoms with E-state index in [1.54, 1.807) is 0 Å². The van der Waals surface area contributed by atoms with Gasteiger partial charge in [0.1, 0.15) is 6.04 Å². The predicted molar refractivity (Wildman–Crippen MR) is 148 cm³/mol. The molecule has 0 radical (unpaired) electrons. The number of amides is 2. The Bertz CT molecular complexity index is 1010. The highest BCUT2D eigenvalue weighted by Crippen LogP contribution is 2.37. The van der Waals surface area contributed by atoms with Crippen LogP contribution in [0.4, 0.5) is 10.5 Å². The smallest absolute Gasteiger partial charge is 0.453 e. The van der Waals surface area contributed by atoms with E-state index < -0.39 is 30.5 Å². The molecule has 3 rings (SSSR count). The molecule has 2 aliphatic heterocycles. The zero-order valence-electron chi connectivity index (χ0n) is 24.0. The van der Waals surface area contributed by atoms with Crippen molar-refractivity contribution in [3.05, 3.63) is 23.8 Å². The second-order valence-electron chi connectivity index (χ2n) is 11.5. The van der Waals surface area contributed by atoms with Crippen molar-refractivity contribution in [3.63, 3.8) is 0 Å². The number of hydrogen-bond donors (Lipinski definition) is 1. The lowest BCUT2D eigenvalue weighted by Crippen LogP contribution is -2.53. The van der Waals surface area contributed by atoms with Crippen LogP contribution in [0.15, 0.2) is 23.2 Å². The summed E-state index contributed by atoms with van der Waals surface area (Å²) in [5.74, 6) is -0.160. The molecule has 204 valence electrons. The van der Waals surface area contributed by atoms with Gasteiger partial charge in [0.2, 0.25) is 5.91 Å². The molecule has 0 aromatic heterocycles. The normalized spacial score (nSPS) is 21.9. The van der Waals surface area contributed by atoms with E-state index in [2.05, 4.69) is 18.3 Å². The number of likely N-dealkylation sites (tertiary alicyclic amines) is 1. The average molecular weight is 513 g/mol. The molecule has 2 atom stereocenters. The van der Waals surface area contributed by atoms with Gasteiger partial charge in [-0.25, -0.2) is 4.79 Å². The van der Waals surface area contributed by atoms with E-state index in [9.17, 15) is 9.59 Å². The topological polar surface area (TPSA) is 89.5 Å². The maximum Gasteiger partial charge on any atom is 0.494 e. The van der Waals surface area contributed by atoms with E-state index >= 15 is 0 Å². The van der Waals surface area contributed by atoms with Crippen molar-refractivity contribution >= 4 is 36.0 Å². The van der Waals surface area contributed by atoms with Gasteiger partial charge in [-0.2, -0.15) is 0 Å². The molecular formula is C28H44BN3O5. The third kappa shape index (κ3) is 6.37. The van der Waals surface area contributed by atoms with Gasteiger partial charge in [0.15, 0.2) is 0 Å². The molecule has 37 heavy (non-hydrogen) atoms. The summed E-state index contributed by atoms with van der Waals surface area (Å²) in [4.78, 5) is 32.5. The second kappa shape index (κ2) is 11.6. The van der Waals surface area contributed by atoms with Crippen LogP contribution in [0.1, 0.15) is 79.7 Å². The van der Waals surface area contributed by atoms with Crippen LogP contribution >= 0.6 is 0 Å². The first kappa shape index (κ1) is 29.2. The minimum atomic E-state index is -0.649. The SMILES string of the molecule is CCCC(=Nc1cc(B2OC(C)(C)C(C)(C)O2)ccc1C)C1CCCN1C(=O)C(NC(=O)OC)C(C)C. The molecule has 0 aliphatic carbocycles. The van der Waals surface area contributed by atoms with Crippen molar-refractivity contribution in [2.75, 3.05) is 13.7 Å². The van der Waals surface area contributed by atoms with Gasteiger partial charge in [-0.3, -0.25) is 9.79 Å². The van der Waals surface area contributed by atoms with Crippen LogP contribution in [0.25, 0.3) is 0 Å². The molecule has 1 aromatic rings. The summed E-state index contributed by atoms with van der Waals surface area (Å²) in [6.07, 6.45) is 2.85. The highest BCUT2D eigenvalue weighted by atomic mass is 16.7. The molecule has 2 aliphatic rings. The number of aryl methyl sites for hydroxylation is 1. The fraction of sp³-hybridized carbons (Fsp3) is 0.679. The van der Waals surface area contributed by atoms with E-state index in [-0.39, 0.29) is 17.9 Å². The van der Waals surface area contributed by atoms with E-state index in [1.165, 1.54) is 7.11 Å². The number of ether oxygens (including phenoxy) is 1. The van der Waals surface area contributed by atoms with E-state index in [0.29, 0.717) is 6.54 Å². The number of nitrogens with zero attached hydrogens (tertiary/aromatic N) is 2. The number of alkyl carbamates (subject to hydrolysis) is 1. The molecule has 1 N–H and O–H groups in total. The number of rotatable bonds is 8. The van der Waals surface area contributed by atoms with Gasteiger partial charge >= 0.3 is 13.2 Å². The van der Waals surface area contributed by atoms with Gasteiger partial charge in [0, 0.05) is 12.3 Å². The molecule has 2 saturated heterocycles. The fourth-order valence-corrected chi connectivity index (χ4v) is 4.84. The van der Waals surface area contributed by atoms with Crippen LogP contribution in [-0.4, -0.2) is 66.7 Å². The first-order valence-electron chi connectivity index (χ1n) is 13.5. The van der Waals surface area contributed by atoms with Crippen LogP contribution in [-0.2, 0) is 18.8 Å². The Balaban J connectivity index is 1.92. The monoisotopic (exact) mass is 513 g/mol. The summed E-state index contributed by atoms with van der Waals surface area (Å²) < 4.78 is 17.3. The molecule has 2 amide bonds. The van der Waals surface area contributed by atoms with E-state index in [4.69, 9.17) is 19.0 Å². The summed E-state index contributed by atoms with van der Waals surface area (Å²) in [5.41, 5.74) is 2.99. The molecule has 8 nitrogen and oxygen atoms in total. The van der Waals surface area contributed by atoms with Crippen LogP contribution in [0.2, 0.25) is 0 Å². The van der Waals surface area contributed by atoms with Gasteiger partial charge < -0.3 is 24.3 Å². The standard InChI is InChI=1S/C28H44BN3O5/c1-10-12-21(23-13-11-16-32(23)25(33)24(18(2)3)31-26(34)35-9)30-22-17-20(15-14-19(22)4)29-36-27(5,6)28(7,8)37-29/h14-15,17-18,23-24H,10-13,16H2,1-9H3,(H,31,34). The van der Waals surface area contributed by atoms with Crippen molar-refractivity contribution in [1.29, 1.82) is 0 Å². The van der Waals surface area contributed by atoms with Crippen molar-refractivity contribution in [1.82, 2.24) is 10.2 Å². The third-order valence-corrected chi connectivity index (χ3v) is 7.84. The van der Waals surface area contributed by atoms with Gasteiger partial charge in [-0.15, -0.1) is 0 Å². The van der Waals surface area contributed by atoms with Crippen molar-refractivity contribution < 1.29 is 23.6 Å². The molecule has 0 bridgehead atoms. The number of nitrogens with one attached hydrogen (secondary N) is 1. The zero-order chi connectivity index (χ0) is 27.5. The second-order valence-corrected chi connectivity index (χ2v) is 11.5. The molecule has 2 fully saturated rings. The number of carbonyl (C=O) groups excluding carboxylic acids is 2. The average Bonchev–Trinajstić information content (AvgIpc) is 3.39. The Morgan fingerprint density at radius 2 is 1.86 bits per heavy atom. The summed E-state index contributed by atoms with van der Waals surface area (Å²) in [6, 6.07) is 5.38. The Morgan fingerprint density at radius 1 is 1.22 bits per heavy atom. The quantitative estimate of drug-likeness (QED) is 0.407. The molecule has 2 heterocycles. The molecule has 9 heteroatoms. The molecule has 1 aromatic carbocycles. The van der Waals surface area contributed by atoms with Crippen molar-refractivity contribution in [2.24, 2.45) is 10.9 Å². The molecular weight excluding hydrogens is 469 g/mol. The van der Waals surface area contributed by atoms with Crippen LogP contribution in [0, 0.1) is 12.8 Å². The van der Waals surface area contributed by atoms with Gasteiger partial charge in [0.05, 0.1) is 30.0 Å². The van der Waals surface area contributed by atoms with Crippen LogP contribution < -0.4 is 10.8 Å². The number of benzene rings is 1. The third-order valence-electron chi connectivity index (χ3n) is 7.84. The first-order valence-corrected chi connectivity index (χ1v) is 13.5. The summed E-state index contributed by atoms with van der Waals surface area (Å²) >= 11 is 0. The highest BCUT2D eigenvalue weighted by molar-refractivity contribution is 6.62. The maximum absolute atomic E-state index is 13.6. The maximum atomic E-state index is 13.6. The van der Waals surface area contributed by atoms with E-state index in [0.717, 1.165) is 48.1 Å². The largest absolute Gasteiger partial charge is 0.494 e. The Labute approximate surface area is 222 Å². The van der Waals surface area contributed by atoms with Crippen molar-refractivity contribution in [2.45, 2.75) is 104 Å². The zero-order valence-corrected chi connectivity index (χ0v) is 24.0. The summed E-state index contributed by atoms with van der Waals surface area (Å²) in [7, 11) is 0.844. The Hall–Kier alpha value is -2.39. The van der Waals surface area contributed by atoms with Gasteiger partial charge in [0.25, 0.3) is 0 Å². The lowest BCUT2D eigenvalue weighted by Gasteiger charge is -2.32. The number of hydrogen-bond acceptors (Lipinski definition) is 6. The Kier molecular flexibility index (Phi) is 9.12. The lowest BCUT2D eigenvalue weighted by atomic mass is 9.78. The predicted octanol–water partition coefficient (Wildman–Crippen LogP) is 4.54. The number of aliphatic imine (C=N–C) groups is 1. The minimum absolute atomic E-state index is 0.0711. The molecule has 2 unspecified atom stereocenters. The fourth-order valence-electron chi connectivity index (χ4n) is 4.84. The Morgan fingerprint density at radius 3 is 2.43 bits per heavy atom. The highest BCUT2D eigenvalue weighted by Gasteiger charge is 2.51. The summed E-state index contributed by atoms with van der Waals surface area (Å²) in [6.45, 7) is 16.9. The number of carbonyl (C=O) groups is 2. The molecule has 0 spiro atoms. The minimum Gasteiger partial charge on any atom is -0.453 e. The molecule has 0 saturated carbocycles. The van der Waals surface area contributed by atoms with Crippen molar-refractivity contribution in [3.8, 4) is 0 Å². The van der Waals surface area contributed by atoms with Crippen LogP contribution in [0.3, 0.4) is 0 Å². The lowest BCUT2D eigenvalue weighted by molar-refractivity contribution is -0.134.